The van der Waals surface area contributed by atoms with Crippen LogP contribution >= 0.6 is 46.4 Å². The molecule has 1 heterocycles. The Bertz CT molecular complexity index is 626. The Kier molecular flexibility index (Phi) is 6.01. The fourth-order valence-electron chi connectivity index (χ4n) is 1.72. The monoisotopic (exact) mass is 380 g/mol. The zero-order chi connectivity index (χ0) is 16.2. The number of alkyl halides is 3. The predicted octanol–water partition coefficient (Wildman–Crippen LogP) is 4.15. The summed E-state index contributed by atoms with van der Waals surface area (Å²) in [5.41, 5.74) is 0.295. The van der Waals surface area contributed by atoms with Crippen LogP contribution in [0.3, 0.4) is 0 Å². The van der Waals surface area contributed by atoms with Gasteiger partial charge in [0, 0.05) is 0 Å². The zero-order valence-electron chi connectivity index (χ0n) is 11.2. The van der Waals surface area contributed by atoms with Gasteiger partial charge in [0.25, 0.3) is 5.91 Å². The van der Waals surface area contributed by atoms with Crippen LogP contribution in [0.2, 0.25) is 5.02 Å². The van der Waals surface area contributed by atoms with Crippen molar-refractivity contribution >= 4 is 52.3 Å². The summed E-state index contributed by atoms with van der Waals surface area (Å²) in [5.74, 6) is 0.195. The lowest BCUT2D eigenvalue weighted by molar-refractivity contribution is 0.0928. The van der Waals surface area contributed by atoms with E-state index in [2.05, 4.69) is 10.6 Å². The number of amides is 1. The summed E-state index contributed by atoms with van der Waals surface area (Å²) < 4.78 is 3.43. The largest absolute Gasteiger partial charge is 0.468 e. The molecule has 0 unspecified atom stereocenters. The molecule has 0 radical (unpaired) electrons. The molecular formula is C14H12Cl4N2O2. The minimum Gasteiger partial charge on any atom is -0.468 e. The van der Waals surface area contributed by atoms with Crippen LogP contribution in [0.4, 0.5) is 0 Å². The Balaban J connectivity index is 2.06. The molecule has 22 heavy (non-hydrogen) atoms. The van der Waals surface area contributed by atoms with Crippen molar-refractivity contribution in [1.82, 2.24) is 10.6 Å². The molecule has 0 spiro atoms. The van der Waals surface area contributed by atoms with Gasteiger partial charge in [0.05, 0.1) is 23.4 Å². The molecule has 0 fully saturated rings. The molecule has 0 aliphatic carbocycles. The van der Waals surface area contributed by atoms with Crippen LogP contribution < -0.4 is 10.6 Å². The van der Waals surface area contributed by atoms with Crippen molar-refractivity contribution in [2.45, 2.75) is 16.5 Å². The summed E-state index contributed by atoms with van der Waals surface area (Å²) in [6.45, 7) is 0.286. The molecule has 118 valence electrons. The molecule has 0 bridgehead atoms. The number of halogens is 4. The number of carbonyl (C=O) groups excluding carboxylic acids is 1. The molecule has 8 heteroatoms. The van der Waals surface area contributed by atoms with Crippen molar-refractivity contribution in [2.24, 2.45) is 0 Å². The third-order valence-corrected chi connectivity index (χ3v) is 3.77. The van der Waals surface area contributed by atoms with Crippen LogP contribution in [0.15, 0.2) is 47.1 Å². The van der Waals surface area contributed by atoms with Gasteiger partial charge in [-0.3, -0.25) is 10.1 Å². The lowest BCUT2D eigenvalue weighted by Crippen LogP contribution is -2.53. The SMILES string of the molecule is O=C(N[C@H](NCc1ccco1)C(Cl)(Cl)Cl)c1ccccc1Cl. The summed E-state index contributed by atoms with van der Waals surface area (Å²) in [4.78, 5) is 12.2. The van der Waals surface area contributed by atoms with E-state index in [1.165, 1.54) is 6.26 Å². The van der Waals surface area contributed by atoms with E-state index in [0.29, 0.717) is 16.3 Å². The highest BCUT2D eigenvalue weighted by Crippen LogP contribution is 2.29. The van der Waals surface area contributed by atoms with Gasteiger partial charge >= 0.3 is 0 Å². The standard InChI is InChI=1S/C14H12Cl4N2O2/c15-11-6-2-1-5-10(11)12(21)20-13(14(16,17)18)19-8-9-4-3-7-22-9/h1-7,13,19H,8H2,(H,20,21)/t13-/m0/s1. The summed E-state index contributed by atoms with van der Waals surface area (Å²) in [6, 6.07) is 10.1. The average molecular weight is 382 g/mol. The number of hydrogen-bond donors (Lipinski definition) is 2. The third-order valence-electron chi connectivity index (χ3n) is 2.78. The van der Waals surface area contributed by atoms with Crippen LogP contribution in [-0.2, 0) is 6.54 Å². The van der Waals surface area contributed by atoms with Crippen LogP contribution in [-0.4, -0.2) is 15.9 Å². The van der Waals surface area contributed by atoms with Gasteiger partial charge in [-0.1, -0.05) is 58.5 Å². The first-order valence-electron chi connectivity index (χ1n) is 6.26. The van der Waals surface area contributed by atoms with Crippen LogP contribution in [0.25, 0.3) is 0 Å². The number of benzene rings is 1. The second-order valence-electron chi connectivity index (χ2n) is 4.39. The van der Waals surface area contributed by atoms with Crippen molar-refractivity contribution < 1.29 is 9.21 Å². The van der Waals surface area contributed by atoms with Gasteiger partial charge in [-0.05, 0) is 24.3 Å². The molecule has 0 aliphatic rings. The van der Waals surface area contributed by atoms with Crippen LogP contribution in [0.5, 0.6) is 0 Å². The quantitative estimate of drug-likeness (QED) is 0.604. The van der Waals surface area contributed by atoms with E-state index in [-0.39, 0.29) is 6.54 Å². The Hall–Kier alpha value is -0.910. The van der Waals surface area contributed by atoms with Gasteiger partial charge in [0.1, 0.15) is 11.9 Å². The minimum absolute atomic E-state index is 0.286. The van der Waals surface area contributed by atoms with Gasteiger partial charge in [-0.15, -0.1) is 0 Å². The van der Waals surface area contributed by atoms with Crippen LogP contribution in [0, 0.1) is 0 Å². The van der Waals surface area contributed by atoms with Gasteiger partial charge in [-0.2, -0.15) is 0 Å². The molecule has 2 aromatic rings. The van der Waals surface area contributed by atoms with E-state index >= 15 is 0 Å². The topological polar surface area (TPSA) is 54.3 Å². The molecule has 0 saturated heterocycles. The van der Waals surface area contributed by atoms with E-state index in [1.54, 1.807) is 36.4 Å². The molecule has 4 nitrogen and oxygen atoms in total. The van der Waals surface area contributed by atoms with Crippen molar-refractivity contribution in [3.8, 4) is 0 Å². The fourth-order valence-corrected chi connectivity index (χ4v) is 2.34. The first-order valence-corrected chi connectivity index (χ1v) is 7.77. The molecule has 1 aromatic heterocycles. The van der Waals surface area contributed by atoms with E-state index < -0.39 is 15.9 Å². The number of rotatable bonds is 5. The summed E-state index contributed by atoms with van der Waals surface area (Å²) >= 11 is 23.7. The normalized spacial score (nSPS) is 12.9. The van der Waals surface area contributed by atoms with Crippen molar-refractivity contribution in [3.05, 3.63) is 59.0 Å². The van der Waals surface area contributed by atoms with Gasteiger partial charge in [0.15, 0.2) is 0 Å². The minimum atomic E-state index is -1.75. The lowest BCUT2D eigenvalue weighted by Gasteiger charge is -2.26. The molecule has 0 saturated carbocycles. The van der Waals surface area contributed by atoms with Crippen LogP contribution in [0.1, 0.15) is 16.1 Å². The Labute approximate surface area is 147 Å². The number of hydrogen-bond acceptors (Lipinski definition) is 3. The van der Waals surface area contributed by atoms with Crippen molar-refractivity contribution in [3.63, 3.8) is 0 Å². The van der Waals surface area contributed by atoms with Gasteiger partial charge in [-0.25, -0.2) is 0 Å². The molecule has 2 rings (SSSR count). The summed E-state index contributed by atoms with van der Waals surface area (Å²) in [6.07, 6.45) is 0.607. The maximum atomic E-state index is 12.2. The predicted molar refractivity (Wildman–Crippen MR) is 88.5 cm³/mol. The molecule has 1 atom stereocenters. The summed E-state index contributed by atoms with van der Waals surface area (Å²) in [7, 11) is 0. The number of nitrogens with one attached hydrogen (secondary N) is 2. The lowest BCUT2D eigenvalue weighted by atomic mass is 10.2. The van der Waals surface area contributed by atoms with E-state index in [4.69, 9.17) is 50.8 Å². The first kappa shape index (κ1) is 17.4. The smallest absolute Gasteiger partial charge is 0.254 e. The highest BCUT2D eigenvalue weighted by atomic mass is 35.6. The van der Waals surface area contributed by atoms with Crippen molar-refractivity contribution in [1.29, 1.82) is 0 Å². The highest BCUT2D eigenvalue weighted by Gasteiger charge is 2.34. The molecular weight excluding hydrogens is 370 g/mol. The molecule has 2 N–H and O–H groups in total. The zero-order valence-corrected chi connectivity index (χ0v) is 14.2. The Morgan fingerprint density at radius 2 is 1.91 bits per heavy atom. The van der Waals surface area contributed by atoms with Gasteiger partial charge < -0.3 is 9.73 Å². The highest BCUT2D eigenvalue weighted by molar-refractivity contribution is 6.68. The van der Waals surface area contributed by atoms with E-state index in [1.807, 2.05) is 0 Å². The number of furan rings is 1. The Morgan fingerprint density at radius 3 is 2.50 bits per heavy atom. The number of carbonyl (C=O) groups is 1. The average Bonchev–Trinajstić information content (AvgIpc) is 2.95. The second kappa shape index (κ2) is 7.57. The molecule has 0 aliphatic heterocycles. The van der Waals surface area contributed by atoms with Crippen molar-refractivity contribution in [2.75, 3.05) is 0 Å². The van der Waals surface area contributed by atoms with E-state index in [0.717, 1.165) is 0 Å². The third kappa shape index (κ3) is 4.80. The molecule has 1 aromatic carbocycles. The fraction of sp³-hybridized carbons (Fsp3) is 0.214. The summed E-state index contributed by atoms with van der Waals surface area (Å²) in [5, 5.41) is 5.84. The Morgan fingerprint density at radius 1 is 1.18 bits per heavy atom. The second-order valence-corrected chi connectivity index (χ2v) is 7.16. The maximum absolute atomic E-state index is 12.2. The molecule has 1 amide bonds. The first-order chi connectivity index (χ1) is 10.4. The van der Waals surface area contributed by atoms with E-state index in [9.17, 15) is 4.79 Å². The van der Waals surface area contributed by atoms with Gasteiger partial charge in [0.2, 0.25) is 3.79 Å². The maximum Gasteiger partial charge on any atom is 0.254 e.